The van der Waals surface area contributed by atoms with E-state index in [0.717, 1.165) is 31.6 Å². The molecule has 0 radical (unpaired) electrons. The van der Waals surface area contributed by atoms with Crippen LogP contribution < -0.4 is 21.9 Å². The molecule has 32 heavy (non-hydrogen) atoms. The molecule has 1 aromatic carbocycles. The van der Waals surface area contributed by atoms with Gasteiger partial charge in [0.1, 0.15) is 0 Å². The summed E-state index contributed by atoms with van der Waals surface area (Å²) in [5.41, 5.74) is 7.42. The molecule has 2 heterocycles. The number of urea groups is 1. The Labute approximate surface area is 187 Å². The number of hydrogen-bond acceptors (Lipinski definition) is 6. The molecule has 172 valence electrons. The fraction of sp³-hybridized carbons (Fsp3) is 0.455. The third-order valence-electron chi connectivity index (χ3n) is 5.58. The normalized spacial score (nSPS) is 14.3. The highest BCUT2D eigenvalue weighted by Crippen LogP contribution is 2.14. The van der Waals surface area contributed by atoms with Crippen molar-refractivity contribution in [2.75, 3.05) is 49.9 Å². The van der Waals surface area contributed by atoms with E-state index in [1.165, 1.54) is 0 Å². The van der Waals surface area contributed by atoms with Gasteiger partial charge in [-0.15, -0.1) is 0 Å². The van der Waals surface area contributed by atoms with E-state index in [1.807, 2.05) is 25.1 Å². The van der Waals surface area contributed by atoms with Crippen LogP contribution in [0.4, 0.5) is 16.4 Å². The van der Waals surface area contributed by atoms with Gasteiger partial charge in [0.2, 0.25) is 11.9 Å². The minimum absolute atomic E-state index is 0.0212. The molecule has 0 atom stereocenters. The van der Waals surface area contributed by atoms with Crippen LogP contribution in [0.25, 0.3) is 0 Å². The van der Waals surface area contributed by atoms with Crippen LogP contribution in [0.1, 0.15) is 23.2 Å². The largest absolute Gasteiger partial charge is 0.340 e. The van der Waals surface area contributed by atoms with E-state index in [-0.39, 0.29) is 18.3 Å². The average Bonchev–Trinajstić information content (AvgIpc) is 2.76. The predicted octanol–water partition coefficient (Wildman–Crippen LogP) is 1.07. The van der Waals surface area contributed by atoms with Gasteiger partial charge in [-0.2, -0.15) is 0 Å². The number of rotatable bonds is 7. The second-order valence-electron chi connectivity index (χ2n) is 7.91. The van der Waals surface area contributed by atoms with Crippen LogP contribution in [0.5, 0.6) is 0 Å². The minimum atomic E-state index is -0.516. The Hall–Kier alpha value is -3.24. The summed E-state index contributed by atoms with van der Waals surface area (Å²) in [7, 11) is 0. The number of piperazine rings is 1. The summed E-state index contributed by atoms with van der Waals surface area (Å²) < 4.78 is 0. The first-order valence-electron chi connectivity index (χ1n) is 10.8. The first-order valence-corrected chi connectivity index (χ1v) is 10.8. The third-order valence-corrected chi connectivity index (χ3v) is 5.58. The van der Waals surface area contributed by atoms with Crippen molar-refractivity contribution in [3.05, 3.63) is 51.4 Å². The topological polar surface area (TPSA) is 136 Å². The quantitative estimate of drug-likeness (QED) is 0.507. The number of nitrogens with one attached hydrogen (secondary N) is 3. The van der Waals surface area contributed by atoms with Gasteiger partial charge in [0.25, 0.3) is 5.56 Å². The fourth-order valence-corrected chi connectivity index (χ4v) is 3.65. The Kier molecular flexibility index (Phi) is 7.96. The van der Waals surface area contributed by atoms with Crippen molar-refractivity contribution in [1.29, 1.82) is 0 Å². The van der Waals surface area contributed by atoms with E-state index in [0.29, 0.717) is 36.6 Å². The van der Waals surface area contributed by atoms with Crippen LogP contribution in [0, 0.1) is 13.8 Å². The highest BCUT2D eigenvalue weighted by molar-refractivity contribution is 5.99. The first-order chi connectivity index (χ1) is 15.4. The zero-order valence-corrected chi connectivity index (χ0v) is 18.6. The number of anilines is 2. The second-order valence-corrected chi connectivity index (χ2v) is 7.91. The molecule has 0 aliphatic carbocycles. The fourth-order valence-electron chi connectivity index (χ4n) is 3.65. The van der Waals surface area contributed by atoms with Crippen LogP contribution in [0.3, 0.4) is 0 Å². The molecule has 1 aromatic heterocycles. The summed E-state index contributed by atoms with van der Waals surface area (Å²) in [6.07, 6.45) is 0.921. The van der Waals surface area contributed by atoms with E-state index in [9.17, 15) is 14.4 Å². The molecule has 1 aliphatic heterocycles. The van der Waals surface area contributed by atoms with Crippen LogP contribution in [-0.2, 0) is 11.2 Å². The molecule has 10 heteroatoms. The number of nitrogens with two attached hydrogens (primary N) is 1. The van der Waals surface area contributed by atoms with Gasteiger partial charge >= 0.3 is 6.03 Å². The maximum atomic E-state index is 12.7. The molecule has 10 nitrogen and oxygen atoms in total. The number of carbonyl (C=O) groups excluding carboxylic acids is 2. The highest BCUT2D eigenvalue weighted by atomic mass is 16.2. The zero-order chi connectivity index (χ0) is 23.1. The Morgan fingerprint density at radius 2 is 1.84 bits per heavy atom. The van der Waals surface area contributed by atoms with Gasteiger partial charge in [-0.25, -0.2) is 9.78 Å². The number of aromatic nitrogens is 2. The number of aryl methyl sites for hydroxylation is 2. The van der Waals surface area contributed by atoms with Crippen LogP contribution in [-0.4, -0.2) is 71.0 Å². The van der Waals surface area contributed by atoms with E-state index in [4.69, 9.17) is 5.73 Å². The highest BCUT2D eigenvalue weighted by Gasteiger charge is 2.23. The molecule has 3 amide bonds. The standard InChI is InChI=1S/C22H31N7O3/c1-15-6-3-4-7-18(15)25-22(32)27-21-24-16(2)17(20(31)26-21)14-19(30)29-12-10-28(11-13-29)9-5-8-23/h3-4,6-7H,5,8-14,23H2,1-2H3,(H3,24,25,26,27,31,32). The van der Waals surface area contributed by atoms with Gasteiger partial charge in [-0.1, -0.05) is 18.2 Å². The minimum Gasteiger partial charge on any atom is -0.340 e. The summed E-state index contributed by atoms with van der Waals surface area (Å²) in [4.78, 5) is 48.5. The lowest BCUT2D eigenvalue weighted by Crippen LogP contribution is -2.49. The molecule has 1 aliphatic rings. The molecule has 1 saturated heterocycles. The molecule has 0 spiro atoms. The maximum Gasteiger partial charge on any atom is 0.326 e. The van der Waals surface area contributed by atoms with Gasteiger partial charge < -0.3 is 16.0 Å². The van der Waals surface area contributed by atoms with E-state index < -0.39 is 11.6 Å². The second kappa shape index (κ2) is 10.9. The lowest BCUT2D eigenvalue weighted by atomic mass is 10.1. The number of para-hydroxylation sites is 1. The van der Waals surface area contributed by atoms with Crippen LogP contribution >= 0.6 is 0 Å². The van der Waals surface area contributed by atoms with Gasteiger partial charge in [-0.3, -0.25) is 24.8 Å². The SMILES string of the molecule is Cc1ccccc1NC(=O)Nc1nc(C)c(CC(=O)N2CCN(CCCN)CC2)c(=O)[nH]1. The monoisotopic (exact) mass is 441 g/mol. The molecule has 5 N–H and O–H groups in total. The smallest absolute Gasteiger partial charge is 0.326 e. The first kappa shape index (κ1) is 23.4. The van der Waals surface area contributed by atoms with Crippen LogP contribution in [0.15, 0.2) is 29.1 Å². The third kappa shape index (κ3) is 6.14. The van der Waals surface area contributed by atoms with Crippen molar-refractivity contribution in [2.45, 2.75) is 26.7 Å². The van der Waals surface area contributed by atoms with Gasteiger partial charge in [0.05, 0.1) is 12.1 Å². The molecule has 0 unspecified atom stereocenters. The van der Waals surface area contributed by atoms with Gasteiger partial charge in [-0.05, 0) is 45.0 Å². The molecular weight excluding hydrogens is 410 g/mol. The summed E-state index contributed by atoms with van der Waals surface area (Å²) >= 11 is 0. The number of carbonyl (C=O) groups is 2. The van der Waals surface area contributed by atoms with Crippen molar-refractivity contribution >= 4 is 23.6 Å². The van der Waals surface area contributed by atoms with E-state index in [2.05, 4.69) is 25.5 Å². The number of H-pyrrole nitrogens is 1. The van der Waals surface area contributed by atoms with Crippen molar-refractivity contribution in [2.24, 2.45) is 5.73 Å². The zero-order valence-electron chi connectivity index (χ0n) is 18.6. The van der Waals surface area contributed by atoms with Crippen LogP contribution in [0.2, 0.25) is 0 Å². The predicted molar refractivity (Wildman–Crippen MR) is 124 cm³/mol. The number of nitrogens with zero attached hydrogens (tertiary/aromatic N) is 3. The van der Waals surface area contributed by atoms with E-state index >= 15 is 0 Å². The molecule has 1 fully saturated rings. The summed E-state index contributed by atoms with van der Waals surface area (Å²) in [6.45, 7) is 8.01. The van der Waals surface area contributed by atoms with Gasteiger partial charge in [0, 0.05) is 37.4 Å². The number of benzene rings is 1. The van der Waals surface area contributed by atoms with E-state index in [1.54, 1.807) is 17.9 Å². The van der Waals surface area contributed by atoms with Crippen molar-refractivity contribution in [3.8, 4) is 0 Å². The number of hydrogen-bond donors (Lipinski definition) is 4. The van der Waals surface area contributed by atoms with Crippen molar-refractivity contribution < 1.29 is 9.59 Å². The molecule has 2 aromatic rings. The summed E-state index contributed by atoms with van der Waals surface area (Å²) in [5, 5.41) is 5.26. The Morgan fingerprint density at radius 1 is 1.12 bits per heavy atom. The van der Waals surface area contributed by atoms with Crippen molar-refractivity contribution in [1.82, 2.24) is 19.8 Å². The Morgan fingerprint density at radius 3 is 2.50 bits per heavy atom. The molecule has 0 bridgehead atoms. The Balaban J connectivity index is 1.58. The van der Waals surface area contributed by atoms with Gasteiger partial charge in [0.15, 0.2) is 0 Å². The lowest BCUT2D eigenvalue weighted by molar-refractivity contribution is -0.132. The number of amides is 3. The lowest BCUT2D eigenvalue weighted by Gasteiger charge is -2.34. The summed E-state index contributed by atoms with van der Waals surface area (Å²) in [5.74, 6) is -0.0693. The molecule has 0 saturated carbocycles. The maximum absolute atomic E-state index is 12.7. The van der Waals surface area contributed by atoms with Crippen molar-refractivity contribution in [3.63, 3.8) is 0 Å². The summed E-state index contributed by atoms with van der Waals surface area (Å²) in [6, 6.07) is 6.84. The molecular formula is C22H31N7O3. The molecule has 3 rings (SSSR count). The average molecular weight is 442 g/mol. The number of aromatic amines is 1. The Bertz CT molecular complexity index is 1010.